The van der Waals surface area contributed by atoms with Crippen LogP contribution in [0.4, 0.5) is 10.1 Å². The van der Waals surface area contributed by atoms with Gasteiger partial charge in [0.2, 0.25) is 11.8 Å². The van der Waals surface area contributed by atoms with Gasteiger partial charge in [0.15, 0.2) is 0 Å². The summed E-state index contributed by atoms with van der Waals surface area (Å²) in [5.74, 6) is 4.03. The van der Waals surface area contributed by atoms with E-state index in [1.807, 2.05) is 28.0 Å². The van der Waals surface area contributed by atoms with Gasteiger partial charge in [-0.15, -0.1) is 0 Å². The number of piperidine rings is 2. The SMILES string of the molecule is CC1(C)C(Oc2ccc(C#N)c(Cl)c2)C(C)(C)C1N1Cc2cc(C#CC3CCN(c4cc5c(cc4F)C(=O)N(C4CCC(=O)NC4=O)C5=O)CC3)ccc2C1=O. The molecule has 4 aliphatic heterocycles. The van der Waals surface area contributed by atoms with Gasteiger partial charge in [0.05, 0.1) is 27.4 Å². The molecule has 0 bridgehead atoms. The van der Waals surface area contributed by atoms with E-state index in [4.69, 9.17) is 16.3 Å². The Hall–Kier alpha value is -5.72. The third-order valence-corrected chi connectivity index (χ3v) is 12.4. The molecule has 1 saturated carbocycles. The Morgan fingerprint density at radius 2 is 1.57 bits per heavy atom. The summed E-state index contributed by atoms with van der Waals surface area (Å²) in [6.07, 6.45) is 1.12. The lowest BCUT2D eigenvalue weighted by atomic mass is 9.49. The molecule has 1 aliphatic carbocycles. The second-order valence-electron chi connectivity index (χ2n) is 16.4. The number of nitriles is 1. The minimum absolute atomic E-state index is 0.000521. The van der Waals surface area contributed by atoms with E-state index in [1.165, 1.54) is 6.07 Å². The molecule has 3 aromatic rings. The number of nitrogens with one attached hydrogen (secondary N) is 1. The number of halogens is 2. The highest BCUT2D eigenvalue weighted by molar-refractivity contribution is 6.31. The van der Waals surface area contributed by atoms with Crippen LogP contribution in [0.1, 0.15) is 101 Å². The van der Waals surface area contributed by atoms with Gasteiger partial charge in [-0.3, -0.25) is 34.2 Å². The van der Waals surface area contributed by atoms with Crippen molar-refractivity contribution in [1.82, 2.24) is 15.1 Å². The van der Waals surface area contributed by atoms with Crippen LogP contribution in [-0.4, -0.2) is 70.6 Å². The van der Waals surface area contributed by atoms with Crippen molar-refractivity contribution < 1.29 is 33.1 Å². The van der Waals surface area contributed by atoms with Crippen molar-refractivity contribution in [3.05, 3.63) is 92.8 Å². The number of fused-ring (bicyclic) bond motifs is 2. The number of imide groups is 2. The van der Waals surface area contributed by atoms with Crippen molar-refractivity contribution in [3.8, 4) is 23.7 Å². The molecule has 3 aromatic carbocycles. The second kappa shape index (κ2) is 13.5. The van der Waals surface area contributed by atoms with E-state index in [0.717, 1.165) is 22.1 Å². The molecular weight excluding hydrogens is 737 g/mol. The largest absolute Gasteiger partial charge is 0.489 e. The summed E-state index contributed by atoms with van der Waals surface area (Å²) in [5, 5.41) is 11.7. The van der Waals surface area contributed by atoms with E-state index >= 15 is 4.39 Å². The maximum atomic E-state index is 15.4. The first-order valence-corrected chi connectivity index (χ1v) is 19.1. The third-order valence-electron chi connectivity index (χ3n) is 12.1. The zero-order chi connectivity index (χ0) is 39.8. The monoisotopic (exact) mass is 775 g/mol. The van der Waals surface area contributed by atoms with Gasteiger partial charge < -0.3 is 14.5 Å². The number of anilines is 1. The Balaban J connectivity index is 0.908. The predicted octanol–water partition coefficient (Wildman–Crippen LogP) is 5.86. The maximum absolute atomic E-state index is 15.4. The van der Waals surface area contributed by atoms with Gasteiger partial charge in [-0.05, 0) is 67.3 Å². The quantitative estimate of drug-likeness (QED) is 0.251. The number of hydrogen-bond donors (Lipinski definition) is 1. The number of benzene rings is 3. The molecule has 2 saturated heterocycles. The van der Waals surface area contributed by atoms with E-state index in [9.17, 15) is 29.2 Å². The van der Waals surface area contributed by atoms with Crippen LogP contribution in [-0.2, 0) is 16.1 Å². The van der Waals surface area contributed by atoms with Crippen LogP contribution in [0.2, 0.25) is 5.02 Å². The van der Waals surface area contributed by atoms with Crippen molar-refractivity contribution in [1.29, 1.82) is 5.26 Å². The van der Waals surface area contributed by atoms with Gasteiger partial charge in [-0.25, -0.2) is 4.39 Å². The van der Waals surface area contributed by atoms with Crippen LogP contribution >= 0.6 is 11.6 Å². The van der Waals surface area contributed by atoms with E-state index < -0.39 is 35.5 Å². The summed E-state index contributed by atoms with van der Waals surface area (Å²) in [6, 6.07) is 14.0. The van der Waals surface area contributed by atoms with E-state index in [0.29, 0.717) is 54.4 Å². The second-order valence-corrected chi connectivity index (χ2v) is 16.8. The number of rotatable bonds is 5. The predicted molar refractivity (Wildman–Crippen MR) is 203 cm³/mol. The molecule has 1 N–H and O–H groups in total. The first-order valence-electron chi connectivity index (χ1n) is 18.7. The van der Waals surface area contributed by atoms with Crippen molar-refractivity contribution in [2.75, 3.05) is 18.0 Å². The highest BCUT2D eigenvalue weighted by Crippen LogP contribution is 2.59. The highest BCUT2D eigenvalue weighted by atomic mass is 35.5. The van der Waals surface area contributed by atoms with Gasteiger partial charge in [0, 0.05) is 66.0 Å². The van der Waals surface area contributed by atoms with Crippen LogP contribution in [0.3, 0.4) is 0 Å². The molecule has 1 unspecified atom stereocenters. The number of amides is 5. The van der Waals surface area contributed by atoms with Gasteiger partial charge in [-0.1, -0.05) is 51.1 Å². The van der Waals surface area contributed by atoms with Crippen LogP contribution in [0.25, 0.3) is 0 Å². The molecule has 0 spiro atoms. The van der Waals surface area contributed by atoms with Crippen LogP contribution < -0.4 is 15.0 Å². The standard InChI is InChI=1S/C43H39ClFN5O6/c1-42(2)40(43(3,4)41(42)56-27-9-8-25(21-46)31(44)18-27)49-22-26-17-24(7-10-28(26)37(49)53)6-5-23-13-15-48(16-14-23)34-20-30-29(19-32(34)45)38(54)50(39(30)55)33-11-12-35(51)47-36(33)52/h7-10,17-20,23,33,40-41H,11-16,22H2,1-4H3,(H,47,51,52). The lowest BCUT2D eigenvalue weighted by molar-refractivity contribution is -0.199. The molecule has 3 fully saturated rings. The van der Waals surface area contributed by atoms with Gasteiger partial charge in [0.25, 0.3) is 17.7 Å². The highest BCUT2D eigenvalue weighted by Gasteiger charge is 2.67. The lowest BCUT2D eigenvalue weighted by Crippen LogP contribution is -2.74. The van der Waals surface area contributed by atoms with E-state index in [-0.39, 0.29) is 64.5 Å². The minimum atomic E-state index is -1.12. The Bertz CT molecular complexity index is 2350. The Morgan fingerprint density at radius 1 is 0.875 bits per heavy atom. The zero-order valence-corrected chi connectivity index (χ0v) is 32.1. The molecule has 56 heavy (non-hydrogen) atoms. The molecule has 13 heteroatoms. The fourth-order valence-corrected chi connectivity index (χ4v) is 10.0. The van der Waals surface area contributed by atoms with E-state index in [2.05, 4.69) is 50.9 Å². The molecular formula is C43H39ClFN5O6. The Morgan fingerprint density at radius 3 is 2.23 bits per heavy atom. The molecule has 286 valence electrons. The first kappa shape index (κ1) is 37.2. The molecule has 11 nitrogen and oxygen atoms in total. The molecule has 1 atom stereocenters. The zero-order valence-electron chi connectivity index (χ0n) is 31.4. The number of carbonyl (C=O) groups is 5. The minimum Gasteiger partial charge on any atom is -0.489 e. The molecule has 0 radical (unpaired) electrons. The third kappa shape index (κ3) is 5.99. The fraction of sp³-hybridized carbons (Fsp3) is 0.395. The average molecular weight is 776 g/mol. The van der Waals surface area contributed by atoms with Crippen molar-refractivity contribution in [2.45, 2.75) is 78.1 Å². The fourth-order valence-electron chi connectivity index (χ4n) is 9.81. The van der Waals surface area contributed by atoms with Gasteiger partial charge in [-0.2, -0.15) is 5.26 Å². The molecule has 5 amide bonds. The van der Waals surface area contributed by atoms with Crippen molar-refractivity contribution in [3.63, 3.8) is 0 Å². The number of carbonyl (C=O) groups excluding carboxylic acids is 5. The van der Waals surface area contributed by atoms with Gasteiger partial charge >= 0.3 is 0 Å². The Kier molecular flexibility index (Phi) is 8.96. The smallest absolute Gasteiger partial charge is 0.262 e. The lowest BCUT2D eigenvalue weighted by Gasteiger charge is -2.65. The average Bonchev–Trinajstić information content (AvgIpc) is 3.59. The first-order chi connectivity index (χ1) is 26.6. The number of hydrogen-bond acceptors (Lipinski definition) is 8. The number of nitrogens with zero attached hydrogens (tertiary/aromatic N) is 4. The summed E-state index contributed by atoms with van der Waals surface area (Å²) < 4.78 is 21.9. The molecule has 0 aromatic heterocycles. The summed E-state index contributed by atoms with van der Waals surface area (Å²) in [7, 11) is 0. The molecule has 5 aliphatic rings. The molecule has 4 heterocycles. The summed E-state index contributed by atoms with van der Waals surface area (Å²) >= 11 is 6.27. The topological polar surface area (TPSA) is 140 Å². The van der Waals surface area contributed by atoms with Crippen LogP contribution in [0.5, 0.6) is 5.75 Å². The van der Waals surface area contributed by atoms with Crippen LogP contribution in [0, 0.1) is 45.7 Å². The van der Waals surface area contributed by atoms with Gasteiger partial charge in [0.1, 0.15) is 29.8 Å². The van der Waals surface area contributed by atoms with Crippen LogP contribution in [0.15, 0.2) is 48.5 Å². The van der Waals surface area contributed by atoms with Crippen molar-refractivity contribution >= 4 is 46.8 Å². The van der Waals surface area contributed by atoms with Crippen molar-refractivity contribution in [2.24, 2.45) is 16.7 Å². The summed E-state index contributed by atoms with van der Waals surface area (Å²) in [5.41, 5.74) is 2.16. The molecule has 8 rings (SSSR count). The summed E-state index contributed by atoms with van der Waals surface area (Å²) in [6.45, 7) is 9.85. The maximum Gasteiger partial charge on any atom is 0.262 e. The van der Waals surface area contributed by atoms with E-state index in [1.54, 1.807) is 18.2 Å². The Labute approximate surface area is 328 Å². The normalized spacial score (nSPS) is 23.8. The number of ether oxygens (including phenoxy) is 1. The summed E-state index contributed by atoms with van der Waals surface area (Å²) in [4.78, 5) is 68.8.